The molecule has 0 aliphatic heterocycles. The third-order valence-corrected chi connectivity index (χ3v) is 4.25. The average Bonchev–Trinajstić information content (AvgIpc) is 2.80. The number of alkyl halides is 6. The summed E-state index contributed by atoms with van der Waals surface area (Å²) >= 11 is 0. The zero-order valence-corrected chi connectivity index (χ0v) is 17.9. The second-order valence-electron chi connectivity index (χ2n) is 6.91. The van der Waals surface area contributed by atoms with Crippen molar-refractivity contribution in [2.75, 3.05) is 24.4 Å². The molecule has 186 valence electrons. The molecule has 0 spiro atoms. The second-order valence-corrected chi connectivity index (χ2v) is 6.91. The lowest BCUT2D eigenvalue weighted by molar-refractivity contribution is -0.154. The first-order chi connectivity index (χ1) is 16.4. The molecule has 1 aromatic heterocycles. The summed E-state index contributed by atoms with van der Waals surface area (Å²) in [6.45, 7) is -1.60. The molecule has 0 fully saturated rings. The summed E-state index contributed by atoms with van der Waals surface area (Å²) in [6, 6.07) is 9.60. The van der Waals surface area contributed by atoms with E-state index in [2.05, 4.69) is 35.1 Å². The average molecular weight is 501 g/mol. The van der Waals surface area contributed by atoms with Crippen molar-refractivity contribution in [3.63, 3.8) is 0 Å². The third kappa shape index (κ3) is 7.72. The number of esters is 1. The van der Waals surface area contributed by atoms with Gasteiger partial charge < -0.3 is 20.1 Å². The van der Waals surface area contributed by atoms with Crippen molar-refractivity contribution in [3.05, 3.63) is 65.2 Å². The van der Waals surface area contributed by atoms with Gasteiger partial charge in [0.25, 0.3) is 0 Å². The van der Waals surface area contributed by atoms with Crippen LogP contribution in [-0.2, 0) is 17.5 Å². The molecule has 2 aromatic carbocycles. The zero-order valence-electron chi connectivity index (χ0n) is 17.9. The van der Waals surface area contributed by atoms with Crippen LogP contribution in [0.15, 0.2) is 48.5 Å². The van der Waals surface area contributed by atoms with Gasteiger partial charge in [-0.05, 0) is 35.9 Å². The molecule has 0 aliphatic rings. The fraction of sp³-hybridized carbons (Fsp3) is 0.238. The number of nitrogens with zero attached hydrogens (tertiary/aromatic N) is 3. The Morgan fingerprint density at radius 3 is 2.26 bits per heavy atom. The lowest BCUT2D eigenvalue weighted by Gasteiger charge is -2.13. The summed E-state index contributed by atoms with van der Waals surface area (Å²) < 4.78 is 85.8. The molecule has 35 heavy (non-hydrogen) atoms. The van der Waals surface area contributed by atoms with Crippen molar-refractivity contribution in [3.8, 4) is 6.01 Å². The number of nitrogens with one attached hydrogen (secondary N) is 2. The zero-order chi connectivity index (χ0) is 25.6. The number of methoxy groups -OCH3 is 1. The first kappa shape index (κ1) is 25.5. The van der Waals surface area contributed by atoms with Gasteiger partial charge >= 0.3 is 24.3 Å². The Bertz CT molecular complexity index is 1170. The number of hydrogen-bond acceptors (Lipinski definition) is 8. The maximum absolute atomic E-state index is 13.0. The Balaban J connectivity index is 1.81. The maximum Gasteiger partial charge on any atom is 0.422 e. The molecule has 3 rings (SSSR count). The van der Waals surface area contributed by atoms with Crippen molar-refractivity contribution in [1.29, 1.82) is 0 Å². The molecular weight excluding hydrogens is 484 g/mol. The van der Waals surface area contributed by atoms with Crippen LogP contribution >= 0.6 is 0 Å². The van der Waals surface area contributed by atoms with E-state index in [4.69, 9.17) is 0 Å². The highest BCUT2D eigenvalue weighted by Gasteiger charge is 2.31. The number of anilines is 3. The van der Waals surface area contributed by atoms with Crippen molar-refractivity contribution < 1.29 is 40.6 Å². The van der Waals surface area contributed by atoms with Crippen molar-refractivity contribution in [1.82, 2.24) is 15.0 Å². The van der Waals surface area contributed by atoms with E-state index in [9.17, 15) is 31.1 Å². The van der Waals surface area contributed by atoms with E-state index in [0.29, 0.717) is 11.1 Å². The van der Waals surface area contributed by atoms with Gasteiger partial charge in [0.05, 0.1) is 18.2 Å². The van der Waals surface area contributed by atoms with E-state index in [0.717, 1.165) is 18.2 Å². The van der Waals surface area contributed by atoms with E-state index in [1.54, 1.807) is 12.1 Å². The minimum absolute atomic E-state index is 0.0582. The number of hydrogen-bond donors (Lipinski definition) is 2. The molecule has 0 saturated heterocycles. The predicted octanol–water partition coefficient (Wildman–Crippen LogP) is 4.97. The normalized spacial score (nSPS) is 11.6. The molecule has 0 amide bonds. The quantitative estimate of drug-likeness (QED) is 0.330. The molecule has 8 nitrogen and oxygen atoms in total. The van der Waals surface area contributed by atoms with Gasteiger partial charge in [-0.1, -0.05) is 18.2 Å². The van der Waals surface area contributed by atoms with Gasteiger partial charge in [-0.3, -0.25) is 0 Å². The molecule has 0 unspecified atom stereocenters. The van der Waals surface area contributed by atoms with E-state index in [1.807, 2.05) is 0 Å². The summed E-state index contributed by atoms with van der Waals surface area (Å²) in [6.07, 6.45) is -9.27. The van der Waals surface area contributed by atoms with Gasteiger partial charge in [-0.15, -0.1) is 0 Å². The van der Waals surface area contributed by atoms with Crippen LogP contribution in [0, 0.1) is 0 Å². The fourth-order valence-electron chi connectivity index (χ4n) is 2.66. The molecule has 0 saturated carbocycles. The predicted molar refractivity (Wildman–Crippen MR) is 111 cm³/mol. The van der Waals surface area contributed by atoms with E-state index in [1.165, 1.54) is 25.3 Å². The van der Waals surface area contributed by atoms with E-state index in [-0.39, 0.29) is 24.1 Å². The molecule has 0 bridgehead atoms. The summed E-state index contributed by atoms with van der Waals surface area (Å²) in [5.74, 6) is -1.08. The largest absolute Gasteiger partial charge is 0.465 e. The lowest BCUT2D eigenvalue weighted by Crippen LogP contribution is -2.21. The number of ether oxygens (including phenoxy) is 2. The monoisotopic (exact) mass is 501 g/mol. The Morgan fingerprint density at radius 2 is 1.63 bits per heavy atom. The molecule has 14 heteroatoms. The Kier molecular flexibility index (Phi) is 7.62. The van der Waals surface area contributed by atoms with Gasteiger partial charge in [-0.25, -0.2) is 4.79 Å². The van der Waals surface area contributed by atoms with Gasteiger partial charge in [-0.2, -0.15) is 41.3 Å². The topological polar surface area (TPSA) is 98.3 Å². The highest BCUT2D eigenvalue weighted by atomic mass is 19.4. The number of benzene rings is 2. The van der Waals surface area contributed by atoms with E-state index >= 15 is 0 Å². The van der Waals surface area contributed by atoms with Gasteiger partial charge in [0, 0.05) is 12.2 Å². The van der Waals surface area contributed by atoms with Gasteiger partial charge in [0.2, 0.25) is 11.9 Å². The molecular formula is C21H17F6N5O3. The first-order valence-electron chi connectivity index (χ1n) is 9.74. The van der Waals surface area contributed by atoms with Gasteiger partial charge in [0.15, 0.2) is 6.61 Å². The number of halogens is 6. The van der Waals surface area contributed by atoms with Crippen LogP contribution in [-0.4, -0.2) is 40.8 Å². The van der Waals surface area contributed by atoms with Crippen LogP contribution in [0.4, 0.5) is 43.9 Å². The lowest BCUT2D eigenvalue weighted by atomic mass is 10.1. The molecule has 1 heterocycles. The van der Waals surface area contributed by atoms with Crippen molar-refractivity contribution in [2.24, 2.45) is 0 Å². The number of aromatic nitrogens is 3. The Hall–Kier alpha value is -4.10. The molecule has 3 aromatic rings. The minimum atomic E-state index is -4.67. The van der Waals surface area contributed by atoms with Crippen LogP contribution in [0.2, 0.25) is 0 Å². The van der Waals surface area contributed by atoms with Gasteiger partial charge in [0.1, 0.15) is 0 Å². The highest BCUT2D eigenvalue weighted by Crippen LogP contribution is 2.31. The fourth-order valence-corrected chi connectivity index (χ4v) is 2.66. The summed E-state index contributed by atoms with van der Waals surface area (Å²) in [4.78, 5) is 22.9. The smallest absolute Gasteiger partial charge is 0.422 e. The summed E-state index contributed by atoms with van der Waals surface area (Å²) in [5, 5.41) is 5.27. The summed E-state index contributed by atoms with van der Waals surface area (Å²) in [5.41, 5.74) is -0.0361. The number of rotatable bonds is 8. The standard InChI is InChI=1S/C21H17F6N5O3/c1-34-16(33)13-7-5-12(6-8-13)10-28-17-30-18(32-19(31-17)35-11-20(22,23)24)29-15-4-2-3-14(9-15)21(25,26)27/h2-9H,10-11H2,1H3,(H2,28,29,30,31,32). The van der Waals surface area contributed by atoms with Crippen molar-refractivity contribution in [2.45, 2.75) is 18.9 Å². The van der Waals surface area contributed by atoms with Crippen molar-refractivity contribution >= 4 is 23.6 Å². The van der Waals surface area contributed by atoms with Crippen LogP contribution in [0.3, 0.4) is 0 Å². The first-order valence-corrected chi connectivity index (χ1v) is 9.74. The highest BCUT2D eigenvalue weighted by molar-refractivity contribution is 5.89. The Labute approximate surface area is 194 Å². The number of carbonyl (C=O) groups is 1. The van der Waals surface area contributed by atoms with E-state index < -0.39 is 36.5 Å². The summed E-state index contributed by atoms with van der Waals surface area (Å²) in [7, 11) is 1.24. The van der Waals surface area contributed by atoms with Crippen LogP contribution in [0.1, 0.15) is 21.5 Å². The molecule has 0 radical (unpaired) electrons. The minimum Gasteiger partial charge on any atom is -0.465 e. The third-order valence-electron chi connectivity index (χ3n) is 4.25. The molecule has 2 N–H and O–H groups in total. The second kappa shape index (κ2) is 10.4. The van der Waals surface area contributed by atoms with Crippen LogP contribution in [0.5, 0.6) is 6.01 Å². The SMILES string of the molecule is COC(=O)c1ccc(CNc2nc(Nc3cccc(C(F)(F)F)c3)nc(OCC(F)(F)F)n2)cc1. The Morgan fingerprint density at radius 1 is 0.943 bits per heavy atom. The molecule has 0 atom stereocenters. The number of carbonyl (C=O) groups excluding carboxylic acids is 1. The van der Waals surface area contributed by atoms with Crippen LogP contribution in [0.25, 0.3) is 0 Å². The maximum atomic E-state index is 13.0. The molecule has 0 aliphatic carbocycles. The van der Waals surface area contributed by atoms with Crippen LogP contribution < -0.4 is 15.4 Å².